The highest BCUT2D eigenvalue weighted by Gasteiger charge is 2.51. The SMILES string of the molecule is CC(C)(C)c1ccc(-c2ncc(-c3ccc4c(c3)C3(c5ccccc5Oc5ccccc53)c3cc(-c5cnc(-c6ccc(C(C)(C)C)cc6)nc5)ccc3-4)cn2)cc1. The van der Waals surface area contributed by atoms with Crippen LogP contribution in [0.2, 0.25) is 0 Å². The first kappa shape index (κ1) is 35.7. The number of rotatable bonds is 4. The van der Waals surface area contributed by atoms with Crippen LogP contribution in [0.15, 0.2) is 158 Å². The van der Waals surface area contributed by atoms with Gasteiger partial charge in [0.25, 0.3) is 0 Å². The van der Waals surface area contributed by atoms with Crippen molar-refractivity contribution in [1.82, 2.24) is 19.9 Å². The Kier molecular flexibility index (Phi) is 8.10. The average Bonchev–Trinajstić information content (AvgIpc) is 3.52. The van der Waals surface area contributed by atoms with Crippen LogP contribution in [-0.4, -0.2) is 19.9 Å². The summed E-state index contributed by atoms with van der Waals surface area (Å²) >= 11 is 0. The zero-order valence-electron chi connectivity index (χ0n) is 33.7. The summed E-state index contributed by atoms with van der Waals surface area (Å²) in [6.07, 6.45) is 7.79. The molecule has 282 valence electrons. The molecule has 5 nitrogen and oxygen atoms in total. The van der Waals surface area contributed by atoms with Crippen LogP contribution in [-0.2, 0) is 16.2 Å². The number of para-hydroxylation sites is 2. The molecule has 0 radical (unpaired) electrons. The highest BCUT2D eigenvalue weighted by Crippen LogP contribution is 2.62. The van der Waals surface area contributed by atoms with Crippen LogP contribution in [0.5, 0.6) is 11.5 Å². The van der Waals surface area contributed by atoms with Gasteiger partial charge in [-0.2, -0.15) is 0 Å². The average molecular weight is 753 g/mol. The molecule has 10 rings (SSSR count). The maximum absolute atomic E-state index is 6.65. The molecule has 0 fully saturated rings. The van der Waals surface area contributed by atoms with Crippen molar-refractivity contribution in [3.63, 3.8) is 0 Å². The summed E-state index contributed by atoms with van der Waals surface area (Å²) in [4.78, 5) is 19.5. The van der Waals surface area contributed by atoms with Crippen molar-refractivity contribution in [2.24, 2.45) is 0 Å². The predicted octanol–water partition coefficient (Wildman–Crippen LogP) is 13.0. The van der Waals surface area contributed by atoms with Crippen LogP contribution in [0.4, 0.5) is 0 Å². The molecule has 58 heavy (non-hydrogen) atoms. The van der Waals surface area contributed by atoms with Gasteiger partial charge in [-0.1, -0.05) is 151 Å². The van der Waals surface area contributed by atoms with Gasteiger partial charge in [-0.05, 0) is 79.6 Å². The molecular weight excluding hydrogens is 709 g/mol. The number of aromatic nitrogens is 4. The van der Waals surface area contributed by atoms with Crippen molar-refractivity contribution in [3.8, 4) is 67.7 Å². The molecule has 3 heterocycles. The maximum atomic E-state index is 6.65. The number of ether oxygens (including phenoxy) is 1. The Hall–Kier alpha value is -6.72. The lowest BCUT2D eigenvalue weighted by Gasteiger charge is -2.39. The second-order valence-electron chi connectivity index (χ2n) is 17.6. The van der Waals surface area contributed by atoms with E-state index in [1.165, 1.54) is 33.4 Å². The van der Waals surface area contributed by atoms with Crippen molar-refractivity contribution >= 4 is 0 Å². The molecule has 1 aliphatic carbocycles. The zero-order chi connectivity index (χ0) is 39.8. The number of hydrogen-bond acceptors (Lipinski definition) is 5. The van der Waals surface area contributed by atoms with E-state index in [1.54, 1.807) is 0 Å². The second-order valence-corrected chi connectivity index (χ2v) is 17.6. The van der Waals surface area contributed by atoms with Gasteiger partial charge in [0, 0.05) is 58.2 Å². The lowest BCUT2D eigenvalue weighted by Crippen LogP contribution is -2.32. The summed E-state index contributed by atoms with van der Waals surface area (Å²) in [5.41, 5.74) is 15.1. The Bertz CT molecular complexity index is 2650. The first-order chi connectivity index (χ1) is 28.0. The number of fused-ring (bicyclic) bond motifs is 9. The predicted molar refractivity (Wildman–Crippen MR) is 234 cm³/mol. The molecule has 1 aliphatic heterocycles. The fourth-order valence-electron chi connectivity index (χ4n) is 8.75. The lowest BCUT2D eigenvalue weighted by atomic mass is 9.65. The normalized spacial score (nSPS) is 13.6. The largest absolute Gasteiger partial charge is 0.457 e. The van der Waals surface area contributed by atoms with Crippen LogP contribution in [0.25, 0.3) is 56.2 Å². The molecule has 0 amide bonds. The molecule has 0 saturated carbocycles. The summed E-state index contributed by atoms with van der Waals surface area (Å²) in [5.74, 6) is 3.13. The van der Waals surface area contributed by atoms with Crippen molar-refractivity contribution in [2.45, 2.75) is 57.8 Å². The summed E-state index contributed by atoms with van der Waals surface area (Å²) < 4.78 is 6.65. The number of hydrogen-bond donors (Lipinski definition) is 0. The maximum Gasteiger partial charge on any atom is 0.159 e. The minimum absolute atomic E-state index is 0.0840. The molecule has 8 aromatic rings. The second kappa shape index (κ2) is 13.2. The van der Waals surface area contributed by atoms with Gasteiger partial charge >= 0.3 is 0 Å². The lowest BCUT2D eigenvalue weighted by molar-refractivity contribution is 0.436. The van der Waals surface area contributed by atoms with Crippen LogP contribution < -0.4 is 4.74 Å². The van der Waals surface area contributed by atoms with E-state index in [0.29, 0.717) is 11.6 Å². The van der Waals surface area contributed by atoms with E-state index >= 15 is 0 Å². The van der Waals surface area contributed by atoms with E-state index in [4.69, 9.17) is 24.7 Å². The van der Waals surface area contributed by atoms with Crippen molar-refractivity contribution in [1.29, 1.82) is 0 Å². The van der Waals surface area contributed by atoms with Crippen molar-refractivity contribution < 1.29 is 4.74 Å². The molecule has 0 bridgehead atoms. The molecule has 2 aliphatic rings. The Labute approximate surface area is 340 Å². The van der Waals surface area contributed by atoms with Crippen LogP contribution in [0.3, 0.4) is 0 Å². The van der Waals surface area contributed by atoms with Crippen LogP contribution in [0, 0.1) is 0 Å². The Morgan fingerprint density at radius 2 is 0.741 bits per heavy atom. The molecule has 1 spiro atoms. The van der Waals surface area contributed by atoms with E-state index in [-0.39, 0.29) is 10.8 Å². The minimum atomic E-state index is -0.646. The molecule has 2 aromatic heterocycles. The summed E-state index contributed by atoms with van der Waals surface area (Å²) in [7, 11) is 0. The highest BCUT2D eigenvalue weighted by molar-refractivity contribution is 5.91. The van der Waals surface area contributed by atoms with Gasteiger partial charge in [-0.25, -0.2) is 19.9 Å². The topological polar surface area (TPSA) is 60.8 Å². The Morgan fingerprint density at radius 3 is 1.12 bits per heavy atom. The van der Waals surface area contributed by atoms with Gasteiger partial charge in [0.15, 0.2) is 11.6 Å². The van der Waals surface area contributed by atoms with Gasteiger partial charge < -0.3 is 4.74 Å². The van der Waals surface area contributed by atoms with Gasteiger partial charge in [0.05, 0.1) is 5.41 Å². The van der Waals surface area contributed by atoms with Gasteiger partial charge in [-0.3, -0.25) is 0 Å². The molecule has 0 unspecified atom stereocenters. The third-order valence-corrected chi connectivity index (χ3v) is 11.9. The van der Waals surface area contributed by atoms with Gasteiger partial charge in [0.2, 0.25) is 0 Å². The highest BCUT2D eigenvalue weighted by atomic mass is 16.5. The quantitative estimate of drug-likeness (QED) is 0.179. The monoisotopic (exact) mass is 752 g/mol. The minimum Gasteiger partial charge on any atom is -0.457 e. The third-order valence-electron chi connectivity index (χ3n) is 11.9. The zero-order valence-corrected chi connectivity index (χ0v) is 33.7. The summed E-state index contributed by atoms with van der Waals surface area (Å²) in [6.45, 7) is 13.4. The van der Waals surface area contributed by atoms with Crippen molar-refractivity contribution in [2.75, 3.05) is 0 Å². The van der Waals surface area contributed by atoms with Gasteiger partial charge in [0.1, 0.15) is 11.5 Å². The molecule has 0 saturated heterocycles. The van der Waals surface area contributed by atoms with Crippen LogP contribution >= 0.6 is 0 Å². The fourth-order valence-corrected chi connectivity index (χ4v) is 8.75. The van der Waals surface area contributed by atoms with Crippen LogP contribution in [0.1, 0.15) is 74.9 Å². The Balaban J connectivity index is 1.09. The number of nitrogens with zero attached hydrogens (tertiary/aromatic N) is 4. The fraction of sp³-hybridized carbons (Fsp3) is 0.170. The Morgan fingerprint density at radius 1 is 0.379 bits per heavy atom. The van der Waals surface area contributed by atoms with E-state index in [1.807, 2.05) is 24.8 Å². The first-order valence-electron chi connectivity index (χ1n) is 20.0. The summed E-state index contributed by atoms with van der Waals surface area (Å²) in [5, 5.41) is 0. The molecule has 6 aromatic carbocycles. The van der Waals surface area contributed by atoms with E-state index in [9.17, 15) is 0 Å². The number of benzene rings is 6. The molecule has 0 N–H and O–H groups in total. The molecule has 5 heteroatoms. The standard InChI is InChI=1S/C53H44N4O/c1-51(2,3)39-21-15-33(16-22-39)49-54-29-37(30-55-49)35-19-25-41-42-26-20-36(38-31-56-50(57-32-38)34-17-23-40(24-18-34)52(4,5)6)28-46(42)53(45(41)27-35)43-11-7-9-13-47(43)58-48-14-10-8-12-44(48)53/h7-32H,1-6H3. The first-order valence-corrected chi connectivity index (χ1v) is 20.0. The summed E-state index contributed by atoms with van der Waals surface area (Å²) in [6, 6.07) is 47.7. The molecular formula is C53H44N4O. The molecule has 0 atom stereocenters. The van der Waals surface area contributed by atoms with E-state index < -0.39 is 5.41 Å². The smallest absolute Gasteiger partial charge is 0.159 e. The van der Waals surface area contributed by atoms with Gasteiger partial charge in [-0.15, -0.1) is 0 Å². The van der Waals surface area contributed by atoms with E-state index in [2.05, 4.69) is 175 Å². The van der Waals surface area contributed by atoms with E-state index in [0.717, 1.165) is 56.0 Å². The van der Waals surface area contributed by atoms with Crippen molar-refractivity contribution in [3.05, 3.63) is 192 Å². The third kappa shape index (κ3) is 5.75.